The first-order chi connectivity index (χ1) is 12.6. The van der Waals surface area contributed by atoms with Crippen molar-refractivity contribution < 1.29 is 19.4 Å². The molecular weight excluding hydrogens is 330 g/mol. The van der Waals surface area contributed by atoms with Crippen molar-refractivity contribution in [2.75, 3.05) is 13.2 Å². The number of hydrogen-bond acceptors (Lipinski definition) is 3. The molecule has 4 rings (SSSR count). The molecule has 1 N–H and O–H groups in total. The van der Waals surface area contributed by atoms with Crippen molar-refractivity contribution in [2.24, 2.45) is 5.92 Å². The van der Waals surface area contributed by atoms with E-state index in [9.17, 15) is 14.7 Å². The molecule has 0 unspecified atom stereocenters. The molecule has 0 spiro atoms. The van der Waals surface area contributed by atoms with Gasteiger partial charge in [-0.15, -0.1) is 0 Å². The summed E-state index contributed by atoms with van der Waals surface area (Å²) in [5.41, 5.74) is 4.70. The third-order valence-corrected chi connectivity index (χ3v) is 5.49. The number of carbonyl (C=O) groups excluding carboxylic acids is 1. The van der Waals surface area contributed by atoms with Crippen LogP contribution in [0.4, 0.5) is 4.79 Å². The summed E-state index contributed by atoms with van der Waals surface area (Å²) in [6.45, 7) is 2.34. The highest BCUT2D eigenvalue weighted by Crippen LogP contribution is 2.44. The lowest BCUT2D eigenvalue weighted by molar-refractivity contribution is -0.141. The molecule has 1 fully saturated rings. The van der Waals surface area contributed by atoms with Crippen molar-refractivity contribution in [3.8, 4) is 11.1 Å². The van der Waals surface area contributed by atoms with E-state index in [0.717, 1.165) is 0 Å². The molecule has 134 valence electrons. The van der Waals surface area contributed by atoms with E-state index in [1.54, 1.807) is 0 Å². The van der Waals surface area contributed by atoms with Crippen LogP contribution >= 0.6 is 0 Å². The highest BCUT2D eigenvalue weighted by Gasteiger charge is 2.38. The summed E-state index contributed by atoms with van der Waals surface area (Å²) in [5, 5.41) is 9.17. The summed E-state index contributed by atoms with van der Waals surface area (Å²) in [4.78, 5) is 25.2. The second-order valence-electron chi connectivity index (χ2n) is 7.08. The fourth-order valence-corrected chi connectivity index (χ4v) is 4.14. The first-order valence-electron chi connectivity index (χ1n) is 8.90. The van der Waals surface area contributed by atoms with E-state index in [-0.39, 0.29) is 25.1 Å². The lowest BCUT2D eigenvalue weighted by Crippen LogP contribution is -2.35. The van der Waals surface area contributed by atoms with Crippen LogP contribution < -0.4 is 0 Å². The van der Waals surface area contributed by atoms with Crippen molar-refractivity contribution in [1.29, 1.82) is 0 Å². The van der Waals surface area contributed by atoms with Crippen molar-refractivity contribution in [3.05, 3.63) is 59.7 Å². The van der Waals surface area contributed by atoms with Crippen LogP contribution in [-0.2, 0) is 9.53 Å². The van der Waals surface area contributed by atoms with Gasteiger partial charge in [-0.05, 0) is 35.6 Å². The average Bonchev–Trinajstić information content (AvgIpc) is 3.19. The van der Waals surface area contributed by atoms with Gasteiger partial charge in [-0.2, -0.15) is 0 Å². The van der Waals surface area contributed by atoms with Crippen LogP contribution in [-0.4, -0.2) is 41.3 Å². The number of carbonyl (C=O) groups is 2. The zero-order valence-corrected chi connectivity index (χ0v) is 14.6. The van der Waals surface area contributed by atoms with Gasteiger partial charge >= 0.3 is 12.1 Å². The van der Waals surface area contributed by atoms with Gasteiger partial charge in [0.25, 0.3) is 0 Å². The Morgan fingerprint density at radius 2 is 1.65 bits per heavy atom. The first-order valence-corrected chi connectivity index (χ1v) is 8.90. The molecule has 0 bridgehead atoms. The molecule has 2 aliphatic rings. The lowest BCUT2D eigenvalue weighted by Gasteiger charge is -2.22. The average molecular weight is 351 g/mol. The molecule has 0 aromatic heterocycles. The topological polar surface area (TPSA) is 66.8 Å². The van der Waals surface area contributed by atoms with Crippen molar-refractivity contribution in [3.63, 3.8) is 0 Å². The number of hydrogen-bond donors (Lipinski definition) is 1. The monoisotopic (exact) mass is 351 g/mol. The number of ether oxygens (including phenoxy) is 1. The van der Waals surface area contributed by atoms with Crippen LogP contribution in [0.2, 0.25) is 0 Å². The summed E-state index contributed by atoms with van der Waals surface area (Å²) in [7, 11) is 0. The van der Waals surface area contributed by atoms with Crippen LogP contribution in [0, 0.1) is 5.92 Å². The van der Waals surface area contributed by atoms with Crippen LogP contribution in [0.15, 0.2) is 48.5 Å². The van der Waals surface area contributed by atoms with E-state index in [0.29, 0.717) is 6.42 Å². The smallest absolute Gasteiger partial charge is 0.410 e. The largest absolute Gasteiger partial charge is 0.481 e. The highest BCUT2D eigenvalue weighted by molar-refractivity contribution is 5.79. The van der Waals surface area contributed by atoms with E-state index in [2.05, 4.69) is 24.3 Å². The SMILES string of the molecule is C[C@H]1C[C@H](C(=O)O)CN1C(=O)OCC1c2ccccc2-c2ccccc21. The maximum Gasteiger partial charge on any atom is 0.410 e. The lowest BCUT2D eigenvalue weighted by atomic mass is 9.98. The first kappa shape index (κ1) is 16.6. The predicted octanol–water partition coefficient (Wildman–Crippen LogP) is 3.73. The third-order valence-electron chi connectivity index (χ3n) is 5.49. The maximum atomic E-state index is 12.5. The van der Waals surface area contributed by atoms with Crippen LogP contribution in [0.3, 0.4) is 0 Å². The number of nitrogens with zero attached hydrogens (tertiary/aromatic N) is 1. The van der Waals surface area contributed by atoms with Gasteiger partial charge in [0, 0.05) is 18.5 Å². The molecule has 26 heavy (non-hydrogen) atoms. The Bertz CT molecular complexity index is 817. The zero-order valence-electron chi connectivity index (χ0n) is 14.6. The standard InChI is InChI=1S/C21H21NO4/c1-13-10-14(20(23)24)11-22(13)21(25)26-12-19-17-8-4-2-6-15(17)16-7-3-5-9-18(16)19/h2-9,13-14,19H,10-12H2,1H3,(H,23,24)/t13-,14-/m0/s1. The van der Waals surface area contributed by atoms with Crippen molar-refractivity contribution >= 4 is 12.1 Å². The van der Waals surface area contributed by atoms with Gasteiger partial charge < -0.3 is 14.7 Å². The van der Waals surface area contributed by atoms with E-state index in [1.165, 1.54) is 27.2 Å². The van der Waals surface area contributed by atoms with E-state index >= 15 is 0 Å². The van der Waals surface area contributed by atoms with Gasteiger partial charge in [0.05, 0.1) is 5.92 Å². The number of likely N-dealkylation sites (tertiary alicyclic amines) is 1. The van der Waals surface area contributed by atoms with Gasteiger partial charge in [-0.3, -0.25) is 4.79 Å². The molecule has 2 atom stereocenters. The molecule has 1 aliphatic heterocycles. The quantitative estimate of drug-likeness (QED) is 0.915. The summed E-state index contributed by atoms with van der Waals surface area (Å²) in [5.74, 6) is -1.35. The Kier molecular flexibility index (Phi) is 4.15. The number of rotatable bonds is 3. The maximum absolute atomic E-state index is 12.5. The van der Waals surface area contributed by atoms with E-state index in [4.69, 9.17) is 4.74 Å². The minimum atomic E-state index is -0.856. The molecule has 0 saturated carbocycles. The summed E-state index contributed by atoms with van der Waals surface area (Å²) >= 11 is 0. The van der Waals surface area contributed by atoms with Crippen LogP contribution in [0.25, 0.3) is 11.1 Å². The normalized spacial score (nSPS) is 21.3. The predicted molar refractivity (Wildman–Crippen MR) is 97.0 cm³/mol. The Morgan fingerprint density at radius 1 is 1.08 bits per heavy atom. The number of fused-ring (bicyclic) bond motifs is 3. The molecule has 5 nitrogen and oxygen atoms in total. The molecule has 0 radical (unpaired) electrons. The number of amides is 1. The summed E-state index contributed by atoms with van der Waals surface area (Å²) < 4.78 is 5.62. The zero-order chi connectivity index (χ0) is 18.3. The molecule has 2 aromatic rings. The Morgan fingerprint density at radius 3 is 2.19 bits per heavy atom. The minimum absolute atomic E-state index is 0.0135. The molecule has 5 heteroatoms. The highest BCUT2D eigenvalue weighted by atomic mass is 16.6. The molecule has 1 saturated heterocycles. The van der Waals surface area contributed by atoms with E-state index in [1.807, 2.05) is 31.2 Å². The van der Waals surface area contributed by atoms with Gasteiger partial charge in [0.2, 0.25) is 0 Å². The number of carboxylic acid groups (broad SMARTS) is 1. The molecular formula is C21H21NO4. The Labute approximate surface area is 152 Å². The Balaban J connectivity index is 1.50. The number of carboxylic acids is 1. The Hall–Kier alpha value is -2.82. The fourth-order valence-electron chi connectivity index (χ4n) is 4.14. The minimum Gasteiger partial charge on any atom is -0.481 e. The van der Waals surface area contributed by atoms with Gasteiger partial charge in [-0.1, -0.05) is 48.5 Å². The second kappa shape index (κ2) is 6.48. The van der Waals surface area contributed by atoms with E-state index < -0.39 is 18.0 Å². The second-order valence-corrected chi connectivity index (χ2v) is 7.08. The molecule has 1 heterocycles. The number of aliphatic carboxylic acids is 1. The number of benzene rings is 2. The molecule has 1 aliphatic carbocycles. The molecule has 1 amide bonds. The summed E-state index contributed by atoms with van der Waals surface area (Å²) in [6.07, 6.45) is 0.0441. The molecule has 2 aromatic carbocycles. The van der Waals surface area contributed by atoms with Crippen molar-refractivity contribution in [2.45, 2.75) is 25.3 Å². The van der Waals surface area contributed by atoms with Crippen LogP contribution in [0.1, 0.15) is 30.4 Å². The van der Waals surface area contributed by atoms with Gasteiger partial charge in [0.15, 0.2) is 0 Å². The third kappa shape index (κ3) is 2.73. The fraction of sp³-hybridized carbons (Fsp3) is 0.333. The van der Waals surface area contributed by atoms with Crippen molar-refractivity contribution in [1.82, 2.24) is 4.90 Å². The van der Waals surface area contributed by atoms with Gasteiger partial charge in [0.1, 0.15) is 6.61 Å². The summed E-state index contributed by atoms with van der Waals surface area (Å²) in [6, 6.07) is 16.3. The van der Waals surface area contributed by atoms with Crippen LogP contribution in [0.5, 0.6) is 0 Å². The van der Waals surface area contributed by atoms with Gasteiger partial charge in [-0.25, -0.2) is 4.79 Å².